The van der Waals surface area contributed by atoms with Crippen LogP contribution in [0, 0.1) is 0 Å². The van der Waals surface area contributed by atoms with Gasteiger partial charge in [0, 0.05) is 0 Å². The molecular formula is C14H10ClF3N2O. The van der Waals surface area contributed by atoms with Crippen molar-refractivity contribution in [1.82, 2.24) is 0 Å². The van der Waals surface area contributed by atoms with E-state index in [1.54, 1.807) is 0 Å². The van der Waals surface area contributed by atoms with Crippen molar-refractivity contribution in [3.8, 4) is 5.75 Å². The second-order valence-electron chi connectivity index (χ2n) is 3.97. The molecule has 0 amide bonds. The highest BCUT2D eigenvalue weighted by Gasteiger charge is 2.31. The van der Waals surface area contributed by atoms with E-state index in [-0.39, 0.29) is 5.02 Å². The van der Waals surface area contributed by atoms with E-state index in [1.807, 2.05) is 30.3 Å². The quantitative estimate of drug-likeness (QED) is 0.656. The molecule has 7 heteroatoms. The van der Waals surface area contributed by atoms with Crippen molar-refractivity contribution in [3.05, 3.63) is 59.1 Å². The van der Waals surface area contributed by atoms with Crippen LogP contribution in [0.25, 0.3) is 0 Å². The Kier molecular flexibility index (Phi) is 4.70. The van der Waals surface area contributed by atoms with Gasteiger partial charge in [-0.1, -0.05) is 29.8 Å². The number of halogens is 4. The van der Waals surface area contributed by atoms with E-state index < -0.39 is 12.1 Å². The van der Waals surface area contributed by atoms with Crippen LogP contribution in [0.3, 0.4) is 0 Å². The number of hydrazone groups is 1. The summed E-state index contributed by atoms with van der Waals surface area (Å²) >= 11 is 5.72. The lowest BCUT2D eigenvalue weighted by Gasteiger charge is -2.10. The first-order valence-corrected chi connectivity index (χ1v) is 6.21. The average Bonchev–Trinajstić information content (AvgIpc) is 2.42. The van der Waals surface area contributed by atoms with Crippen LogP contribution in [-0.2, 0) is 0 Å². The molecule has 2 rings (SSSR count). The third-order valence-corrected chi connectivity index (χ3v) is 2.66. The molecule has 0 aliphatic carbocycles. The first-order valence-electron chi connectivity index (χ1n) is 5.83. The van der Waals surface area contributed by atoms with Crippen molar-refractivity contribution in [3.63, 3.8) is 0 Å². The fourth-order valence-electron chi connectivity index (χ4n) is 1.50. The number of rotatable bonds is 4. The van der Waals surface area contributed by atoms with Gasteiger partial charge >= 0.3 is 6.36 Å². The summed E-state index contributed by atoms with van der Waals surface area (Å²) in [5.41, 5.74) is 4.11. The van der Waals surface area contributed by atoms with Crippen LogP contribution in [-0.4, -0.2) is 12.6 Å². The lowest BCUT2D eigenvalue weighted by atomic mass is 10.2. The maximum Gasteiger partial charge on any atom is 0.573 e. The van der Waals surface area contributed by atoms with Crippen molar-refractivity contribution in [2.75, 3.05) is 5.43 Å². The largest absolute Gasteiger partial charge is 0.573 e. The number of para-hydroxylation sites is 1. The number of alkyl halides is 3. The van der Waals surface area contributed by atoms with Gasteiger partial charge in [0.1, 0.15) is 5.75 Å². The van der Waals surface area contributed by atoms with Crippen molar-refractivity contribution in [1.29, 1.82) is 0 Å². The molecule has 0 aromatic heterocycles. The summed E-state index contributed by atoms with van der Waals surface area (Å²) in [6.45, 7) is 0. The van der Waals surface area contributed by atoms with Gasteiger partial charge < -0.3 is 4.74 Å². The number of hydrogen-bond acceptors (Lipinski definition) is 3. The first-order chi connectivity index (χ1) is 9.94. The molecule has 0 aliphatic rings. The van der Waals surface area contributed by atoms with Gasteiger partial charge in [-0.05, 0) is 35.9 Å². The molecule has 0 saturated heterocycles. The molecule has 0 fully saturated rings. The highest BCUT2D eigenvalue weighted by molar-refractivity contribution is 6.32. The normalized spacial score (nSPS) is 11.6. The molecule has 0 radical (unpaired) electrons. The number of nitrogens with one attached hydrogen (secondary N) is 1. The molecule has 2 aromatic rings. The Balaban J connectivity index is 2.03. The van der Waals surface area contributed by atoms with Gasteiger partial charge in [-0.3, -0.25) is 5.43 Å². The minimum atomic E-state index is -4.77. The van der Waals surface area contributed by atoms with Crippen LogP contribution in [0.2, 0.25) is 5.02 Å². The van der Waals surface area contributed by atoms with Gasteiger partial charge in [-0.2, -0.15) is 5.10 Å². The molecule has 110 valence electrons. The molecule has 3 nitrogen and oxygen atoms in total. The van der Waals surface area contributed by atoms with Gasteiger partial charge in [0.2, 0.25) is 0 Å². The van der Waals surface area contributed by atoms with E-state index in [2.05, 4.69) is 15.3 Å². The smallest absolute Gasteiger partial charge is 0.404 e. The van der Waals surface area contributed by atoms with Crippen molar-refractivity contribution < 1.29 is 17.9 Å². The van der Waals surface area contributed by atoms with Crippen LogP contribution >= 0.6 is 11.6 Å². The summed E-state index contributed by atoms with van der Waals surface area (Å²) in [7, 11) is 0. The maximum absolute atomic E-state index is 12.1. The number of nitrogens with zero attached hydrogens (tertiary/aromatic N) is 1. The fourth-order valence-corrected chi connectivity index (χ4v) is 1.73. The molecule has 0 spiro atoms. The zero-order valence-corrected chi connectivity index (χ0v) is 11.3. The van der Waals surface area contributed by atoms with Crippen LogP contribution in [0.1, 0.15) is 5.56 Å². The Hall–Kier alpha value is -2.21. The predicted molar refractivity (Wildman–Crippen MR) is 75.8 cm³/mol. The average molecular weight is 315 g/mol. The Bertz CT molecular complexity index is 630. The zero-order chi connectivity index (χ0) is 15.3. The lowest BCUT2D eigenvalue weighted by Crippen LogP contribution is -2.17. The van der Waals surface area contributed by atoms with Crippen molar-refractivity contribution in [2.45, 2.75) is 6.36 Å². The number of benzene rings is 2. The van der Waals surface area contributed by atoms with Gasteiger partial charge in [-0.25, -0.2) is 0 Å². The summed E-state index contributed by atoms with van der Waals surface area (Å²) in [6.07, 6.45) is -3.33. The first kappa shape index (κ1) is 15.2. The Labute approximate surface area is 124 Å². The summed E-state index contributed by atoms with van der Waals surface area (Å²) in [4.78, 5) is 0. The predicted octanol–water partition coefficient (Wildman–Crippen LogP) is 4.68. The lowest BCUT2D eigenvalue weighted by molar-refractivity contribution is -0.274. The molecule has 0 bridgehead atoms. The summed E-state index contributed by atoms with van der Waals surface area (Å²) < 4.78 is 40.1. The molecule has 0 unspecified atom stereocenters. The molecule has 0 aliphatic heterocycles. The van der Waals surface area contributed by atoms with E-state index >= 15 is 0 Å². The van der Waals surface area contributed by atoms with Gasteiger partial charge in [-0.15, -0.1) is 13.2 Å². The van der Waals surface area contributed by atoms with Crippen LogP contribution in [0.15, 0.2) is 53.6 Å². The standard InChI is InChI=1S/C14H10ClF3N2O/c15-12-8-10(6-7-13(12)21-14(16,17)18)9-19-20-11-4-2-1-3-5-11/h1-9,20H. The second-order valence-corrected chi connectivity index (χ2v) is 4.38. The summed E-state index contributed by atoms with van der Waals surface area (Å²) in [6, 6.07) is 13.1. The molecule has 1 N–H and O–H groups in total. The number of hydrogen-bond donors (Lipinski definition) is 1. The number of anilines is 1. The molecule has 2 aromatic carbocycles. The Morgan fingerprint density at radius 1 is 1.10 bits per heavy atom. The van der Waals surface area contributed by atoms with Crippen molar-refractivity contribution in [2.24, 2.45) is 5.10 Å². The monoisotopic (exact) mass is 314 g/mol. The van der Waals surface area contributed by atoms with E-state index in [1.165, 1.54) is 18.3 Å². The molecule has 0 heterocycles. The van der Waals surface area contributed by atoms with Crippen LogP contribution in [0.4, 0.5) is 18.9 Å². The molecule has 21 heavy (non-hydrogen) atoms. The van der Waals surface area contributed by atoms with Crippen LogP contribution < -0.4 is 10.2 Å². The van der Waals surface area contributed by atoms with Crippen LogP contribution in [0.5, 0.6) is 5.75 Å². The Morgan fingerprint density at radius 3 is 2.43 bits per heavy atom. The summed E-state index contributed by atoms with van der Waals surface area (Å²) in [5.74, 6) is -0.447. The molecule has 0 saturated carbocycles. The van der Waals surface area contributed by atoms with E-state index in [4.69, 9.17) is 11.6 Å². The fraction of sp³-hybridized carbons (Fsp3) is 0.0714. The maximum atomic E-state index is 12.1. The van der Waals surface area contributed by atoms with E-state index in [0.717, 1.165) is 11.8 Å². The van der Waals surface area contributed by atoms with Gasteiger partial charge in [0.25, 0.3) is 0 Å². The van der Waals surface area contributed by atoms with Gasteiger partial charge in [0.15, 0.2) is 0 Å². The highest BCUT2D eigenvalue weighted by atomic mass is 35.5. The number of ether oxygens (including phenoxy) is 1. The minimum absolute atomic E-state index is 0.143. The third-order valence-electron chi connectivity index (χ3n) is 2.36. The third kappa shape index (κ3) is 5.00. The van der Waals surface area contributed by atoms with E-state index in [9.17, 15) is 13.2 Å². The molecular weight excluding hydrogens is 305 g/mol. The minimum Gasteiger partial charge on any atom is -0.404 e. The second kappa shape index (κ2) is 6.49. The zero-order valence-electron chi connectivity index (χ0n) is 10.6. The SMILES string of the molecule is FC(F)(F)Oc1ccc(C=NNc2ccccc2)cc1Cl. The van der Waals surface area contributed by atoms with Gasteiger partial charge in [0.05, 0.1) is 16.9 Å². The summed E-state index contributed by atoms with van der Waals surface area (Å²) in [5, 5.41) is 3.82. The van der Waals surface area contributed by atoms with Crippen molar-refractivity contribution >= 4 is 23.5 Å². The Morgan fingerprint density at radius 2 is 1.81 bits per heavy atom. The molecule has 0 atom stereocenters. The van der Waals surface area contributed by atoms with E-state index in [0.29, 0.717) is 5.56 Å². The topological polar surface area (TPSA) is 33.6 Å². The highest BCUT2D eigenvalue weighted by Crippen LogP contribution is 2.30.